The maximum absolute atomic E-state index is 12.1. The summed E-state index contributed by atoms with van der Waals surface area (Å²) in [6.45, 7) is 2.71. The van der Waals surface area contributed by atoms with Gasteiger partial charge in [-0.1, -0.05) is 117 Å². The lowest BCUT2D eigenvalue weighted by Gasteiger charge is -2.52. The third-order valence-electron chi connectivity index (χ3n) is 7.31. The first-order chi connectivity index (χ1) is 18.5. The molecule has 204 valence electrons. The van der Waals surface area contributed by atoms with Crippen molar-refractivity contribution in [2.75, 3.05) is 0 Å². The maximum atomic E-state index is 12.1. The van der Waals surface area contributed by atoms with Crippen molar-refractivity contribution in [2.45, 2.75) is 88.5 Å². The van der Waals surface area contributed by atoms with Crippen LogP contribution in [0.2, 0.25) is 0 Å². The summed E-state index contributed by atoms with van der Waals surface area (Å²) in [5, 5.41) is 35.2. The normalized spacial score (nSPS) is 27.3. The van der Waals surface area contributed by atoms with Crippen LogP contribution in [0.5, 0.6) is 0 Å². The first-order valence-electron chi connectivity index (χ1n) is 13.6. The highest BCUT2D eigenvalue weighted by Crippen LogP contribution is 2.39. The molecule has 0 aromatic heterocycles. The first kappa shape index (κ1) is 28.4. The van der Waals surface area contributed by atoms with Crippen molar-refractivity contribution in [2.24, 2.45) is 0 Å². The molecule has 6 heteroatoms. The summed E-state index contributed by atoms with van der Waals surface area (Å²) in [6, 6.07) is 28.9. The summed E-state index contributed by atoms with van der Waals surface area (Å²) in [7, 11) is 0. The quantitative estimate of drug-likeness (QED) is 0.281. The highest BCUT2D eigenvalue weighted by Gasteiger charge is 2.60. The monoisotopic (exact) mass is 520 g/mol. The number of hydrogen-bond donors (Lipinski definition) is 3. The van der Waals surface area contributed by atoms with Gasteiger partial charge in [-0.3, -0.25) is 0 Å². The average molecular weight is 521 g/mol. The second-order valence-electron chi connectivity index (χ2n) is 10.1. The summed E-state index contributed by atoms with van der Waals surface area (Å²) in [4.78, 5) is 0. The zero-order valence-electron chi connectivity index (χ0n) is 22.1. The Bertz CT molecular complexity index is 1060. The van der Waals surface area contributed by atoms with Gasteiger partial charge in [-0.05, 0) is 23.1 Å². The molecular weight excluding hydrogens is 480 g/mol. The molecule has 6 atom stereocenters. The predicted octanol–water partition coefficient (Wildman–Crippen LogP) is 4.79. The van der Waals surface area contributed by atoms with E-state index in [1.165, 1.54) is 0 Å². The Kier molecular flexibility index (Phi) is 10.5. The molecular formula is C32H40O6. The molecule has 6 nitrogen and oxygen atoms in total. The Morgan fingerprint density at radius 2 is 1.08 bits per heavy atom. The van der Waals surface area contributed by atoms with E-state index in [0.29, 0.717) is 12.8 Å². The minimum absolute atomic E-state index is 0.186. The van der Waals surface area contributed by atoms with E-state index < -0.39 is 36.1 Å². The van der Waals surface area contributed by atoms with Crippen LogP contribution < -0.4 is 0 Å². The molecule has 3 aromatic carbocycles. The molecule has 0 radical (unpaired) electrons. The number of ether oxygens (including phenoxy) is 3. The van der Waals surface area contributed by atoms with Gasteiger partial charge in [-0.25, -0.2) is 0 Å². The number of rotatable bonds is 13. The van der Waals surface area contributed by atoms with Crippen LogP contribution in [-0.2, 0) is 34.0 Å². The first-order valence-corrected chi connectivity index (χ1v) is 13.6. The molecule has 3 N–H and O–H groups in total. The topological polar surface area (TPSA) is 88.4 Å². The Morgan fingerprint density at radius 1 is 0.632 bits per heavy atom. The van der Waals surface area contributed by atoms with Gasteiger partial charge >= 0.3 is 0 Å². The number of benzene rings is 3. The van der Waals surface area contributed by atoms with Crippen LogP contribution in [0.25, 0.3) is 0 Å². The fourth-order valence-corrected chi connectivity index (χ4v) is 5.15. The van der Waals surface area contributed by atoms with E-state index in [-0.39, 0.29) is 19.8 Å². The second-order valence-corrected chi connectivity index (χ2v) is 10.1. The third-order valence-corrected chi connectivity index (χ3v) is 7.31. The number of hydrogen-bond acceptors (Lipinski definition) is 6. The second kappa shape index (κ2) is 14.0. The van der Waals surface area contributed by atoms with Crippen LogP contribution in [0.15, 0.2) is 91.0 Å². The minimum atomic E-state index is -1.67. The molecule has 4 rings (SSSR count). The molecule has 38 heavy (non-hydrogen) atoms. The fraction of sp³-hybridized carbons (Fsp3) is 0.438. The molecule has 1 aliphatic carbocycles. The Balaban J connectivity index is 1.62. The highest BCUT2D eigenvalue weighted by molar-refractivity contribution is 5.17. The van der Waals surface area contributed by atoms with Gasteiger partial charge in [-0.2, -0.15) is 0 Å². The maximum Gasteiger partial charge on any atom is 0.122 e. The SMILES string of the molecule is CCCCC[C@]1(O)[C@H](O)[C@@H](OCc2ccccc2)[C@H](O)[C@H](OCc2ccccc2)[C@@H]1OCc1ccccc1. The molecule has 0 unspecified atom stereocenters. The van der Waals surface area contributed by atoms with Gasteiger partial charge in [0.2, 0.25) is 0 Å². The van der Waals surface area contributed by atoms with Crippen LogP contribution in [0.4, 0.5) is 0 Å². The molecule has 0 aliphatic heterocycles. The molecule has 1 fully saturated rings. The highest BCUT2D eigenvalue weighted by atomic mass is 16.6. The molecule has 0 amide bonds. The van der Waals surface area contributed by atoms with Gasteiger partial charge in [-0.15, -0.1) is 0 Å². The van der Waals surface area contributed by atoms with Crippen molar-refractivity contribution < 1.29 is 29.5 Å². The van der Waals surface area contributed by atoms with Crippen molar-refractivity contribution in [3.05, 3.63) is 108 Å². The van der Waals surface area contributed by atoms with Crippen molar-refractivity contribution in [1.29, 1.82) is 0 Å². The van der Waals surface area contributed by atoms with Gasteiger partial charge in [0.25, 0.3) is 0 Å². The molecule has 0 bridgehead atoms. The number of aliphatic hydroxyl groups excluding tert-OH is 2. The minimum Gasteiger partial charge on any atom is -0.387 e. The zero-order chi connectivity index (χ0) is 26.8. The van der Waals surface area contributed by atoms with Gasteiger partial charge in [0, 0.05) is 0 Å². The summed E-state index contributed by atoms with van der Waals surface area (Å²) >= 11 is 0. The standard InChI is InChI=1S/C32H40O6/c1-2-3-13-20-32(35)30(34)28(36-21-24-14-7-4-8-15-24)27(33)29(37-22-25-16-9-5-10-17-25)31(32)38-23-26-18-11-6-12-19-26/h4-12,14-19,27-31,33-35H,2-3,13,20-23H2,1H3/t27-,28-,29-,30+,31-,32-/m0/s1. The van der Waals surface area contributed by atoms with Gasteiger partial charge < -0.3 is 29.5 Å². The number of aliphatic hydroxyl groups is 3. The van der Waals surface area contributed by atoms with Crippen LogP contribution in [0.1, 0.15) is 49.3 Å². The van der Waals surface area contributed by atoms with Crippen molar-refractivity contribution >= 4 is 0 Å². The predicted molar refractivity (Wildman–Crippen MR) is 146 cm³/mol. The van der Waals surface area contributed by atoms with Gasteiger partial charge in [0.05, 0.1) is 19.8 Å². The van der Waals surface area contributed by atoms with Crippen molar-refractivity contribution in [3.8, 4) is 0 Å². The Labute approximate surface area is 225 Å². The van der Waals surface area contributed by atoms with E-state index in [0.717, 1.165) is 29.5 Å². The summed E-state index contributed by atoms with van der Waals surface area (Å²) in [5.41, 5.74) is 1.09. The summed E-state index contributed by atoms with van der Waals surface area (Å²) in [6.07, 6.45) is -2.67. The van der Waals surface area contributed by atoms with Crippen molar-refractivity contribution in [3.63, 3.8) is 0 Å². The molecule has 1 saturated carbocycles. The smallest absolute Gasteiger partial charge is 0.122 e. The molecule has 0 heterocycles. The number of unbranched alkanes of at least 4 members (excludes halogenated alkanes) is 2. The third kappa shape index (κ3) is 7.08. The van der Waals surface area contributed by atoms with E-state index in [1.54, 1.807) is 0 Å². The van der Waals surface area contributed by atoms with E-state index in [2.05, 4.69) is 6.92 Å². The van der Waals surface area contributed by atoms with E-state index in [1.807, 2.05) is 91.0 Å². The fourth-order valence-electron chi connectivity index (χ4n) is 5.15. The van der Waals surface area contributed by atoms with Crippen LogP contribution in [0.3, 0.4) is 0 Å². The summed E-state index contributed by atoms with van der Waals surface area (Å²) in [5.74, 6) is 0. The average Bonchev–Trinajstić information content (AvgIpc) is 2.95. The van der Waals surface area contributed by atoms with E-state index in [4.69, 9.17) is 14.2 Å². The zero-order valence-corrected chi connectivity index (χ0v) is 22.1. The lowest BCUT2D eigenvalue weighted by atomic mass is 9.72. The van der Waals surface area contributed by atoms with Crippen molar-refractivity contribution in [1.82, 2.24) is 0 Å². The van der Waals surface area contributed by atoms with Crippen LogP contribution in [0, 0.1) is 0 Å². The van der Waals surface area contributed by atoms with Gasteiger partial charge in [0.15, 0.2) is 0 Å². The molecule has 0 spiro atoms. The molecule has 0 saturated heterocycles. The van der Waals surface area contributed by atoms with E-state index >= 15 is 0 Å². The van der Waals surface area contributed by atoms with Crippen LogP contribution >= 0.6 is 0 Å². The molecule has 1 aliphatic rings. The Morgan fingerprint density at radius 3 is 1.55 bits per heavy atom. The van der Waals surface area contributed by atoms with Gasteiger partial charge in [0.1, 0.15) is 36.1 Å². The lowest BCUT2D eigenvalue weighted by molar-refractivity contribution is -0.301. The summed E-state index contributed by atoms with van der Waals surface area (Å²) < 4.78 is 18.7. The van der Waals surface area contributed by atoms with E-state index in [9.17, 15) is 15.3 Å². The van der Waals surface area contributed by atoms with Crippen LogP contribution in [-0.4, -0.2) is 51.4 Å². The lowest BCUT2D eigenvalue weighted by Crippen LogP contribution is -2.72. The Hall–Kier alpha value is -2.58. The molecule has 3 aromatic rings. The largest absolute Gasteiger partial charge is 0.387 e.